The molecule has 0 amide bonds. The van der Waals surface area contributed by atoms with Crippen LogP contribution in [0, 0.1) is 6.92 Å². The summed E-state index contributed by atoms with van der Waals surface area (Å²) in [6.45, 7) is 2.05. The summed E-state index contributed by atoms with van der Waals surface area (Å²) < 4.78 is 11.2. The third kappa shape index (κ3) is 1.97. The smallest absolute Gasteiger partial charge is 0.190 e. The lowest BCUT2D eigenvalue weighted by atomic mass is 10.2. The lowest BCUT2D eigenvalue weighted by Gasteiger charge is -2.09. The minimum Gasteiger partial charge on any atom is -0.491 e. The monoisotopic (exact) mass is 269 g/mol. The Hall–Kier alpha value is -2.56. The second-order valence-electron chi connectivity index (χ2n) is 4.51. The van der Waals surface area contributed by atoms with Crippen LogP contribution in [0.2, 0.25) is 0 Å². The topological polar surface area (TPSA) is 60.2 Å². The van der Waals surface area contributed by atoms with E-state index in [-0.39, 0.29) is 0 Å². The van der Waals surface area contributed by atoms with E-state index < -0.39 is 0 Å². The quantitative estimate of drug-likeness (QED) is 0.791. The number of nitrogens with zero attached hydrogens (tertiary/aromatic N) is 2. The lowest BCUT2D eigenvalue weighted by molar-refractivity contribution is 0.413. The van der Waals surface area contributed by atoms with Crippen molar-refractivity contribution in [3.63, 3.8) is 0 Å². The molecule has 3 aromatic rings. The number of anilines is 1. The van der Waals surface area contributed by atoms with E-state index in [9.17, 15) is 0 Å². The molecule has 2 heterocycles. The van der Waals surface area contributed by atoms with Gasteiger partial charge in [-0.2, -0.15) is 0 Å². The Morgan fingerprint density at radius 1 is 1.20 bits per heavy atom. The Labute approximate surface area is 116 Å². The second-order valence-corrected chi connectivity index (χ2v) is 4.51. The van der Waals surface area contributed by atoms with Gasteiger partial charge in [0.2, 0.25) is 0 Å². The highest BCUT2D eigenvalue weighted by Crippen LogP contribution is 2.35. The van der Waals surface area contributed by atoms with Crippen molar-refractivity contribution in [3.8, 4) is 17.2 Å². The molecular formula is C15H15N3O2. The van der Waals surface area contributed by atoms with E-state index in [0.717, 1.165) is 11.0 Å². The van der Waals surface area contributed by atoms with E-state index in [4.69, 9.17) is 9.15 Å². The molecule has 0 bridgehead atoms. The van der Waals surface area contributed by atoms with Crippen molar-refractivity contribution < 1.29 is 9.15 Å². The van der Waals surface area contributed by atoms with Crippen molar-refractivity contribution in [3.05, 3.63) is 36.2 Å². The van der Waals surface area contributed by atoms with Crippen molar-refractivity contribution >= 4 is 16.8 Å². The van der Waals surface area contributed by atoms with Crippen LogP contribution in [-0.2, 0) is 0 Å². The maximum Gasteiger partial charge on any atom is 0.190 e. The fourth-order valence-electron chi connectivity index (χ4n) is 2.20. The van der Waals surface area contributed by atoms with Crippen LogP contribution in [0.4, 0.5) is 5.82 Å². The van der Waals surface area contributed by atoms with Gasteiger partial charge < -0.3 is 14.5 Å². The molecule has 1 N–H and O–H groups in total. The maximum atomic E-state index is 5.85. The third-order valence-electron chi connectivity index (χ3n) is 3.15. The van der Waals surface area contributed by atoms with Gasteiger partial charge in [0.05, 0.1) is 7.11 Å². The molecule has 0 aliphatic carbocycles. The Balaban J connectivity index is 2.20. The van der Waals surface area contributed by atoms with Crippen molar-refractivity contribution in [2.75, 3.05) is 19.5 Å². The van der Waals surface area contributed by atoms with Crippen LogP contribution in [0.3, 0.4) is 0 Å². The average molecular weight is 269 g/mol. The Morgan fingerprint density at radius 3 is 2.80 bits per heavy atom. The van der Waals surface area contributed by atoms with Gasteiger partial charge in [0.1, 0.15) is 11.9 Å². The molecule has 3 rings (SSSR count). The summed E-state index contributed by atoms with van der Waals surface area (Å²) >= 11 is 0. The predicted molar refractivity (Wildman–Crippen MR) is 78.1 cm³/mol. The first-order valence-electron chi connectivity index (χ1n) is 6.30. The van der Waals surface area contributed by atoms with Gasteiger partial charge in [-0.3, -0.25) is 0 Å². The molecule has 2 aromatic heterocycles. The van der Waals surface area contributed by atoms with Gasteiger partial charge in [0, 0.05) is 12.4 Å². The van der Waals surface area contributed by atoms with Gasteiger partial charge in [-0.25, -0.2) is 9.97 Å². The van der Waals surface area contributed by atoms with Crippen LogP contribution >= 0.6 is 0 Å². The van der Waals surface area contributed by atoms with Crippen LogP contribution in [0.5, 0.6) is 5.75 Å². The molecule has 5 nitrogen and oxygen atoms in total. The number of hydrogen-bond acceptors (Lipinski definition) is 5. The van der Waals surface area contributed by atoms with Crippen molar-refractivity contribution in [1.29, 1.82) is 0 Å². The first-order chi connectivity index (χ1) is 9.72. The van der Waals surface area contributed by atoms with Gasteiger partial charge in [0.25, 0.3) is 0 Å². The molecule has 0 unspecified atom stereocenters. The number of rotatable bonds is 3. The highest BCUT2D eigenvalue weighted by molar-refractivity contribution is 5.84. The predicted octanol–water partition coefficient (Wildman–Crippen LogP) is 3.25. The fourth-order valence-corrected chi connectivity index (χ4v) is 2.20. The summed E-state index contributed by atoms with van der Waals surface area (Å²) in [6, 6.07) is 8.02. The summed E-state index contributed by atoms with van der Waals surface area (Å²) in [5, 5.41) is 4.03. The first-order valence-corrected chi connectivity index (χ1v) is 6.30. The molecule has 102 valence electrons. The number of ether oxygens (including phenoxy) is 1. The van der Waals surface area contributed by atoms with Gasteiger partial charge >= 0.3 is 0 Å². The van der Waals surface area contributed by atoms with E-state index in [1.54, 1.807) is 14.2 Å². The number of benzene rings is 1. The minimum absolute atomic E-state index is 0.575. The zero-order valence-corrected chi connectivity index (χ0v) is 11.6. The molecule has 0 atom stereocenters. The Morgan fingerprint density at radius 2 is 2.05 bits per heavy atom. The molecule has 0 spiro atoms. The number of aryl methyl sites for hydroxylation is 1. The highest BCUT2D eigenvalue weighted by atomic mass is 16.5. The first kappa shape index (κ1) is 12.5. The van der Waals surface area contributed by atoms with Gasteiger partial charge in [0.15, 0.2) is 23.0 Å². The maximum absolute atomic E-state index is 5.85. The van der Waals surface area contributed by atoms with Crippen molar-refractivity contribution in [2.45, 2.75) is 6.92 Å². The number of fused-ring (bicyclic) bond motifs is 1. The summed E-state index contributed by atoms with van der Waals surface area (Å²) in [5.41, 5.74) is 2.66. The van der Waals surface area contributed by atoms with E-state index in [1.165, 1.54) is 11.9 Å². The van der Waals surface area contributed by atoms with Crippen LogP contribution in [0.25, 0.3) is 22.4 Å². The normalized spacial score (nSPS) is 10.8. The second kappa shape index (κ2) is 4.85. The standard InChI is InChI=1S/C15H15N3O2/c1-9-4-5-11-10(6-9)7-12(20-11)13-14(19-3)15(16-2)18-8-17-13/h4-8H,1-3H3,(H,16,17,18). The molecule has 5 heteroatoms. The van der Waals surface area contributed by atoms with Crippen LogP contribution < -0.4 is 10.1 Å². The number of nitrogens with one attached hydrogen (secondary N) is 1. The average Bonchev–Trinajstić information content (AvgIpc) is 2.88. The third-order valence-corrected chi connectivity index (χ3v) is 3.15. The van der Waals surface area contributed by atoms with E-state index in [2.05, 4.69) is 28.3 Å². The Kier molecular flexibility index (Phi) is 3.02. The lowest BCUT2D eigenvalue weighted by Crippen LogP contribution is -2.00. The molecule has 20 heavy (non-hydrogen) atoms. The molecular weight excluding hydrogens is 254 g/mol. The fraction of sp³-hybridized carbons (Fsp3) is 0.200. The Bertz CT molecular complexity index is 765. The van der Waals surface area contributed by atoms with E-state index >= 15 is 0 Å². The molecule has 0 radical (unpaired) electrons. The largest absolute Gasteiger partial charge is 0.491 e. The zero-order valence-electron chi connectivity index (χ0n) is 11.6. The molecule has 0 saturated carbocycles. The summed E-state index contributed by atoms with van der Waals surface area (Å²) in [6.07, 6.45) is 1.49. The van der Waals surface area contributed by atoms with Crippen molar-refractivity contribution in [2.24, 2.45) is 0 Å². The van der Waals surface area contributed by atoms with Gasteiger partial charge in [-0.1, -0.05) is 11.6 Å². The SMILES string of the molecule is CNc1ncnc(-c2cc3cc(C)ccc3o2)c1OC. The van der Waals surface area contributed by atoms with E-state index in [0.29, 0.717) is 23.0 Å². The molecule has 1 aromatic carbocycles. The molecule has 0 aliphatic heterocycles. The number of methoxy groups -OCH3 is 1. The molecule has 0 aliphatic rings. The van der Waals surface area contributed by atoms with Crippen LogP contribution in [0.15, 0.2) is 35.0 Å². The van der Waals surface area contributed by atoms with Gasteiger partial charge in [-0.15, -0.1) is 0 Å². The minimum atomic E-state index is 0.575. The zero-order chi connectivity index (χ0) is 14.1. The summed E-state index contributed by atoms with van der Waals surface area (Å²) in [7, 11) is 3.38. The van der Waals surface area contributed by atoms with Crippen LogP contribution in [0.1, 0.15) is 5.56 Å². The number of aromatic nitrogens is 2. The van der Waals surface area contributed by atoms with Crippen LogP contribution in [-0.4, -0.2) is 24.1 Å². The molecule has 0 saturated heterocycles. The highest BCUT2D eigenvalue weighted by Gasteiger charge is 2.16. The number of hydrogen-bond donors (Lipinski definition) is 1. The number of furan rings is 1. The molecule has 0 fully saturated rings. The summed E-state index contributed by atoms with van der Waals surface area (Å²) in [4.78, 5) is 8.41. The van der Waals surface area contributed by atoms with Crippen molar-refractivity contribution in [1.82, 2.24) is 9.97 Å². The summed E-state index contributed by atoms with van der Waals surface area (Å²) in [5.74, 6) is 1.88. The van der Waals surface area contributed by atoms with E-state index in [1.807, 2.05) is 18.2 Å². The van der Waals surface area contributed by atoms with Gasteiger partial charge in [-0.05, 0) is 25.1 Å².